The average molecular weight is 286 g/mol. The maximum Gasteiger partial charge on any atom is 0.305 e. The van der Waals surface area contributed by atoms with Crippen molar-refractivity contribution in [1.82, 2.24) is 0 Å². The zero-order valence-electron chi connectivity index (χ0n) is 12.3. The highest BCUT2D eigenvalue weighted by Gasteiger charge is 2.28. The number of fused-ring (bicyclic) bond motifs is 1. The van der Waals surface area contributed by atoms with Crippen molar-refractivity contribution in [3.8, 4) is 0 Å². The molecule has 0 heterocycles. The van der Waals surface area contributed by atoms with Gasteiger partial charge in [0.05, 0.1) is 6.61 Å². The molecule has 2 rings (SSSR count). The lowest BCUT2D eigenvalue weighted by molar-refractivity contribution is -0.143. The predicted molar refractivity (Wildman–Crippen MR) is 78.3 cm³/mol. The van der Waals surface area contributed by atoms with Gasteiger partial charge < -0.3 is 4.74 Å². The Kier molecular flexibility index (Phi) is 4.68. The van der Waals surface area contributed by atoms with Crippen LogP contribution < -0.4 is 0 Å². The molecule has 110 valence electrons. The maximum atomic E-state index is 12.4. The van der Waals surface area contributed by atoms with Gasteiger partial charge in [0.25, 0.3) is 0 Å². The molecular formula is C17H18O4. The van der Waals surface area contributed by atoms with Gasteiger partial charge in [-0.3, -0.25) is 14.4 Å². The quantitative estimate of drug-likeness (QED) is 0.780. The zero-order chi connectivity index (χ0) is 15.4. The van der Waals surface area contributed by atoms with E-state index in [2.05, 4.69) is 0 Å². The second-order valence-electron chi connectivity index (χ2n) is 4.97. The predicted octanol–water partition coefficient (Wildman–Crippen LogP) is 3.12. The molecule has 0 unspecified atom stereocenters. The fourth-order valence-corrected chi connectivity index (χ4v) is 2.49. The molecule has 0 aromatic heterocycles. The van der Waals surface area contributed by atoms with Crippen molar-refractivity contribution in [2.75, 3.05) is 6.61 Å². The van der Waals surface area contributed by atoms with Crippen LogP contribution in [-0.2, 0) is 9.53 Å². The van der Waals surface area contributed by atoms with Crippen LogP contribution in [0.1, 0.15) is 53.8 Å². The van der Waals surface area contributed by atoms with E-state index >= 15 is 0 Å². The summed E-state index contributed by atoms with van der Waals surface area (Å²) >= 11 is 0. The van der Waals surface area contributed by atoms with Gasteiger partial charge >= 0.3 is 5.97 Å². The summed E-state index contributed by atoms with van der Waals surface area (Å²) in [6, 6.07) is 6.85. The van der Waals surface area contributed by atoms with Gasteiger partial charge in [-0.25, -0.2) is 0 Å². The van der Waals surface area contributed by atoms with Gasteiger partial charge in [0.2, 0.25) is 0 Å². The number of Topliss-reactive ketones (excluding diaryl/α,β-unsaturated/α-hetero) is 2. The fraction of sp³-hybridized carbons (Fsp3) is 0.353. The third kappa shape index (κ3) is 3.10. The number of carbonyl (C=O) groups excluding carboxylic acids is 3. The van der Waals surface area contributed by atoms with E-state index in [0.717, 1.165) is 0 Å². The Morgan fingerprint density at radius 2 is 1.71 bits per heavy atom. The summed E-state index contributed by atoms with van der Waals surface area (Å²) in [5, 5.41) is 0. The maximum absolute atomic E-state index is 12.4. The van der Waals surface area contributed by atoms with Gasteiger partial charge in [-0.05, 0) is 26.7 Å². The minimum atomic E-state index is -0.272. The Bertz CT molecular complexity index is 625. The zero-order valence-corrected chi connectivity index (χ0v) is 12.3. The van der Waals surface area contributed by atoms with Crippen LogP contribution in [0.15, 0.2) is 35.4 Å². The third-order valence-corrected chi connectivity index (χ3v) is 3.60. The first-order valence-electron chi connectivity index (χ1n) is 7.10. The van der Waals surface area contributed by atoms with E-state index < -0.39 is 0 Å². The van der Waals surface area contributed by atoms with Crippen molar-refractivity contribution >= 4 is 17.5 Å². The van der Waals surface area contributed by atoms with Crippen LogP contribution in [0.4, 0.5) is 0 Å². The van der Waals surface area contributed by atoms with E-state index in [1.165, 1.54) is 0 Å². The smallest absolute Gasteiger partial charge is 0.305 e. The highest BCUT2D eigenvalue weighted by molar-refractivity contribution is 6.26. The molecule has 1 aromatic rings. The number of hydrogen-bond donors (Lipinski definition) is 0. The molecule has 0 bridgehead atoms. The van der Waals surface area contributed by atoms with E-state index in [4.69, 9.17) is 4.74 Å². The van der Waals surface area contributed by atoms with E-state index in [-0.39, 0.29) is 24.0 Å². The molecule has 0 N–H and O–H groups in total. The van der Waals surface area contributed by atoms with Crippen molar-refractivity contribution in [2.45, 2.75) is 33.1 Å². The molecule has 21 heavy (non-hydrogen) atoms. The molecule has 0 aliphatic heterocycles. The van der Waals surface area contributed by atoms with Gasteiger partial charge in [-0.15, -0.1) is 0 Å². The number of benzene rings is 1. The minimum Gasteiger partial charge on any atom is -0.466 e. The molecule has 4 heteroatoms. The van der Waals surface area contributed by atoms with Gasteiger partial charge in [0.1, 0.15) is 0 Å². The molecule has 0 spiro atoms. The number of allylic oxidation sites excluding steroid dienone is 2. The molecule has 0 saturated carbocycles. The monoisotopic (exact) mass is 286 g/mol. The lowest BCUT2D eigenvalue weighted by atomic mass is 9.83. The highest BCUT2D eigenvalue weighted by atomic mass is 16.5. The second kappa shape index (κ2) is 6.48. The lowest BCUT2D eigenvalue weighted by Gasteiger charge is -2.18. The topological polar surface area (TPSA) is 60.4 Å². The van der Waals surface area contributed by atoms with Crippen LogP contribution in [0.3, 0.4) is 0 Å². The summed E-state index contributed by atoms with van der Waals surface area (Å²) in [4.78, 5) is 36.0. The van der Waals surface area contributed by atoms with Gasteiger partial charge in [-0.2, -0.15) is 0 Å². The average Bonchev–Trinajstić information content (AvgIpc) is 2.49. The standard InChI is InChI=1S/C17H18O4/c1-3-21-15(18)10-6-9-12-11(2)16(19)13-7-4-5-8-14(13)17(12)20/h4-5,7-8H,3,6,9-10H2,1-2H3. The van der Waals surface area contributed by atoms with Crippen molar-refractivity contribution in [3.63, 3.8) is 0 Å². The minimum absolute atomic E-state index is 0.101. The van der Waals surface area contributed by atoms with Crippen LogP contribution in [0.25, 0.3) is 0 Å². The Labute approximate surface area is 123 Å². The van der Waals surface area contributed by atoms with Crippen LogP contribution in [0.2, 0.25) is 0 Å². The molecule has 0 fully saturated rings. The van der Waals surface area contributed by atoms with Gasteiger partial charge in [0, 0.05) is 28.7 Å². The van der Waals surface area contributed by atoms with Crippen LogP contribution >= 0.6 is 0 Å². The molecule has 1 aliphatic rings. The van der Waals surface area contributed by atoms with E-state index in [1.807, 2.05) is 0 Å². The number of ketones is 2. The van der Waals surface area contributed by atoms with Crippen LogP contribution in [0.5, 0.6) is 0 Å². The number of ether oxygens (including phenoxy) is 1. The van der Waals surface area contributed by atoms with Crippen molar-refractivity contribution in [3.05, 3.63) is 46.5 Å². The van der Waals surface area contributed by atoms with E-state index in [0.29, 0.717) is 41.7 Å². The first-order valence-corrected chi connectivity index (χ1v) is 7.10. The molecular weight excluding hydrogens is 268 g/mol. The van der Waals surface area contributed by atoms with Gasteiger partial charge in [0.15, 0.2) is 11.6 Å². The largest absolute Gasteiger partial charge is 0.466 e. The summed E-state index contributed by atoms with van der Waals surface area (Å²) < 4.78 is 4.86. The molecule has 4 nitrogen and oxygen atoms in total. The highest BCUT2D eigenvalue weighted by Crippen LogP contribution is 2.28. The summed E-state index contributed by atoms with van der Waals surface area (Å²) in [6.07, 6.45) is 1.18. The lowest BCUT2D eigenvalue weighted by Crippen LogP contribution is -2.21. The number of esters is 1. The van der Waals surface area contributed by atoms with E-state index in [1.54, 1.807) is 38.1 Å². The molecule has 0 saturated heterocycles. The molecule has 0 atom stereocenters. The number of rotatable bonds is 5. The Morgan fingerprint density at radius 1 is 1.10 bits per heavy atom. The second-order valence-corrected chi connectivity index (χ2v) is 4.97. The van der Waals surface area contributed by atoms with Crippen molar-refractivity contribution < 1.29 is 19.1 Å². The van der Waals surface area contributed by atoms with Crippen LogP contribution in [0, 0.1) is 0 Å². The molecule has 0 amide bonds. The van der Waals surface area contributed by atoms with E-state index in [9.17, 15) is 14.4 Å². The normalized spacial score (nSPS) is 14.2. The summed E-state index contributed by atoms with van der Waals surface area (Å²) in [6.45, 7) is 3.78. The number of hydrogen-bond acceptors (Lipinski definition) is 4. The molecule has 1 aromatic carbocycles. The molecule has 1 aliphatic carbocycles. The summed E-state index contributed by atoms with van der Waals surface area (Å²) in [5.41, 5.74) is 1.93. The SMILES string of the molecule is CCOC(=O)CCCC1=C(C)C(=O)c2ccccc2C1=O. The summed E-state index contributed by atoms with van der Waals surface area (Å²) in [5.74, 6) is -0.478. The van der Waals surface area contributed by atoms with Crippen LogP contribution in [-0.4, -0.2) is 24.1 Å². The van der Waals surface area contributed by atoms with Crippen molar-refractivity contribution in [2.24, 2.45) is 0 Å². The Morgan fingerprint density at radius 3 is 2.33 bits per heavy atom. The number of carbonyl (C=O) groups is 3. The first kappa shape index (κ1) is 15.2. The molecule has 0 radical (unpaired) electrons. The Hall–Kier alpha value is -2.23. The Balaban J connectivity index is 2.13. The first-order chi connectivity index (χ1) is 10.1. The summed E-state index contributed by atoms with van der Waals surface area (Å²) in [7, 11) is 0. The van der Waals surface area contributed by atoms with Crippen molar-refractivity contribution in [1.29, 1.82) is 0 Å². The van der Waals surface area contributed by atoms with Gasteiger partial charge in [-0.1, -0.05) is 24.3 Å². The fourth-order valence-electron chi connectivity index (χ4n) is 2.49. The third-order valence-electron chi connectivity index (χ3n) is 3.60.